The van der Waals surface area contributed by atoms with E-state index in [-0.39, 0.29) is 17.9 Å². The van der Waals surface area contributed by atoms with E-state index in [1.807, 2.05) is 56.3 Å². The minimum Gasteiger partial charge on any atom is -0.491 e. The molecule has 0 radical (unpaired) electrons. The first-order valence-corrected chi connectivity index (χ1v) is 11.9. The number of benzene rings is 2. The third-order valence-electron chi connectivity index (χ3n) is 6.32. The van der Waals surface area contributed by atoms with E-state index >= 15 is 0 Å². The van der Waals surface area contributed by atoms with Gasteiger partial charge in [0.1, 0.15) is 5.75 Å². The lowest BCUT2D eigenvalue weighted by atomic mass is 9.70. The topological polar surface area (TPSA) is 76.4 Å². The van der Waals surface area contributed by atoms with Gasteiger partial charge in [0.15, 0.2) is 0 Å². The van der Waals surface area contributed by atoms with E-state index in [0.29, 0.717) is 12.0 Å². The summed E-state index contributed by atoms with van der Waals surface area (Å²) in [5.74, 6) is 1.43. The van der Waals surface area contributed by atoms with Gasteiger partial charge < -0.3 is 19.7 Å². The van der Waals surface area contributed by atoms with Crippen LogP contribution in [0.2, 0.25) is 0 Å². The number of ether oxygens (including phenoxy) is 1. The molecule has 2 atom stereocenters. The molecule has 1 heterocycles. The summed E-state index contributed by atoms with van der Waals surface area (Å²) in [5, 5.41) is 12.7. The van der Waals surface area contributed by atoms with Crippen LogP contribution in [0.3, 0.4) is 0 Å². The highest BCUT2D eigenvalue weighted by atomic mass is 16.5. The van der Waals surface area contributed by atoms with E-state index in [1.54, 1.807) is 0 Å². The summed E-state index contributed by atoms with van der Waals surface area (Å²) < 4.78 is 8.10. The predicted octanol–water partition coefficient (Wildman–Crippen LogP) is 6.58. The van der Waals surface area contributed by atoms with Crippen LogP contribution < -0.4 is 10.1 Å². The minimum absolute atomic E-state index is 0.00360. The van der Waals surface area contributed by atoms with Crippen molar-refractivity contribution in [2.24, 2.45) is 11.3 Å². The molecule has 176 valence electrons. The van der Waals surface area contributed by atoms with Gasteiger partial charge in [-0.25, -0.2) is 4.98 Å². The number of hydrogen-bond acceptors (Lipinski definition) is 4. The second-order valence-electron chi connectivity index (χ2n) is 10.6. The lowest BCUT2D eigenvalue weighted by Gasteiger charge is -2.40. The summed E-state index contributed by atoms with van der Waals surface area (Å²) in [6, 6.07) is 14.1. The lowest BCUT2D eigenvalue weighted by molar-refractivity contribution is -0.136. The molecule has 6 heteroatoms. The highest BCUT2D eigenvalue weighted by Gasteiger charge is 2.34. The molecule has 33 heavy (non-hydrogen) atoms. The van der Waals surface area contributed by atoms with Crippen molar-refractivity contribution in [3.05, 3.63) is 48.0 Å². The number of imidazole rings is 1. The number of aromatic nitrogens is 2. The molecule has 0 bridgehead atoms. The molecular formula is C27H35N3O3. The van der Waals surface area contributed by atoms with Crippen LogP contribution in [0, 0.1) is 11.3 Å². The fourth-order valence-corrected chi connectivity index (χ4v) is 5.40. The molecule has 0 aliphatic heterocycles. The molecule has 4 rings (SSSR count). The molecule has 0 saturated heterocycles. The van der Waals surface area contributed by atoms with Crippen molar-refractivity contribution in [3.8, 4) is 5.75 Å². The maximum absolute atomic E-state index is 11.2. The summed E-state index contributed by atoms with van der Waals surface area (Å²) in [6.45, 7) is 11.1. The van der Waals surface area contributed by atoms with Gasteiger partial charge in [-0.15, -0.1) is 0 Å². The van der Waals surface area contributed by atoms with Crippen LogP contribution in [0.5, 0.6) is 5.75 Å². The minimum atomic E-state index is -0.835. The van der Waals surface area contributed by atoms with Crippen LogP contribution >= 0.6 is 0 Å². The molecule has 0 spiro atoms. The first-order valence-electron chi connectivity index (χ1n) is 11.9. The van der Waals surface area contributed by atoms with Gasteiger partial charge in [-0.3, -0.25) is 4.79 Å². The van der Waals surface area contributed by atoms with Gasteiger partial charge >= 0.3 is 5.97 Å². The Bertz CT molecular complexity index is 1130. The van der Waals surface area contributed by atoms with Crippen LogP contribution in [-0.4, -0.2) is 26.7 Å². The molecule has 1 aliphatic rings. The maximum Gasteiger partial charge on any atom is 0.307 e. The number of rotatable bonds is 7. The van der Waals surface area contributed by atoms with Crippen LogP contribution in [0.25, 0.3) is 11.0 Å². The first-order chi connectivity index (χ1) is 15.6. The number of nitrogens with zero attached hydrogens (tertiary/aromatic N) is 2. The van der Waals surface area contributed by atoms with Gasteiger partial charge in [0.2, 0.25) is 5.95 Å². The first kappa shape index (κ1) is 23.1. The lowest BCUT2D eigenvalue weighted by Crippen LogP contribution is -2.29. The second kappa shape index (κ2) is 9.08. The van der Waals surface area contributed by atoms with Gasteiger partial charge in [-0.05, 0) is 86.4 Å². The molecule has 2 N–H and O–H groups in total. The average molecular weight is 450 g/mol. The van der Waals surface area contributed by atoms with Gasteiger partial charge in [-0.2, -0.15) is 0 Å². The Hall–Kier alpha value is -3.02. The van der Waals surface area contributed by atoms with E-state index in [0.717, 1.165) is 46.8 Å². The fourth-order valence-electron chi connectivity index (χ4n) is 5.40. The van der Waals surface area contributed by atoms with Gasteiger partial charge in [0, 0.05) is 11.7 Å². The van der Waals surface area contributed by atoms with Crippen molar-refractivity contribution in [1.82, 2.24) is 9.55 Å². The largest absolute Gasteiger partial charge is 0.491 e. The van der Waals surface area contributed by atoms with Crippen molar-refractivity contribution in [1.29, 1.82) is 0 Å². The number of anilines is 2. The molecule has 2 aromatic carbocycles. The van der Waals surface area contributed by atoms with Crippen LogP contribution in [0.4, 0.5) is 11.6 Å². The zero-order valence-corrected chi connectivity index (χ0v) is 20.3. The van der Waals surface area contributed by atoms with E-state index < -0.39 is 5.97 Å². The number of carboxylic acid groups (broad SMARTS) is 1. The highest BCUT2D eigenvalue weighted by Crippen LogP contribution is 2.46. The standard InChI is InChI=1S/C27H35N3O3/c1-17(2)33-22-9-7-20(8-10-22)28-26-29-23-13-19(14-25(31)32)6-11-24(23)30(26)21-12-18(3)15-27(4,5)16-21/h6-11,13,17-18,21H,12,14-16H2,1-5H3,(H,28,29)(H,31,32)/t18-,21-/m1/s1. The third kappa shape index (κ3) is 5.49. The summed E-state index contributed by atoms with van der Waals surface area (Å²) in [7, 11) is 0. The number of fused-ring (bicyclic) bond motifs is 1. The zero-order valence-electron chi connectivity index (χ0n) is 20.3. The Kier molecular flexibility index (Phi) is 6.37. The number of carbonyl (C=O) groups is 1. The van der Waals surface area contributed by atoms with Crippen molar-refractivity contribution in [2.45, 2.75) is 72.4 Å². The normalized spacial score (nSPS) is 20.2. The number of aliphatic carboxylic acids is 1. The number of hydrogen-bond donors (Lipinski definition) is 2. The SMILES string of the molecule is CC(C)Oc1ccc(Nc2nc3cc(CC(=O)O)ccc3n2[C@@H]2C[C@@H](C)CC(C)(C)C2)cc1. The van der Waals surface area contributed by atoms with Crippen LogP contribution in [0.1, 0.15) is 65.5 Å². The highest BCUT2D eigenvalue weighted by molar-refractivity contribution is 5.82. The molecule has 0 unspecified atom stereocenters. The summed E-state index contributed by atoms with van der Waals surface area (Å²) in [5.41, 5.74) is 3.83. The molecule has 3 aromatic rings. The maximum atomic E-state index is 11.2. The number of nitrogens with one attached hydrogen (secondary N) is 1. The molecular weight excluding hydrogens is 414 g/mol. The molecule has 0 amide bonds. The quantitative estimate of drug-likeness (QED) is 0.426. The van der Waals surface area contributed by atoms with Gasteiger partial charge in [0.25, 0.3) is 0 Å². The monoisotopic (exact) mass is 449 g/mol. The Labute approximate surface area is 196 Å². The molecule has 1 fully saturated rings. The van der Waals surface area contributed by atoms with E-state index in [2.05, 4.69) is 30.7 Å². The zero-order chi connectivity index (χ0) is 23.8. The summed E-state index contributed by atoms with van der Waals surface area (Å²) in [6.07, 6.45) is 3.52. The summed E-state index contributed by atoms with van der Waals surface area (Å²) in [4.78, 5) is 16.1. The molecule has 1 aromatic heterocycles. The molecule has 6 nitrogen and oxygen atoms in total. The Morgan fingerprint density at radius 2 is 1.94 bits per heavy atom. The fraction of sp³-hybridized carbons (Fsp3) is 0.481. The average Bonchev–Trinajstić information content (AvgIpc) is 3.04. The van der Waals surface area contributed by atoms with E-state index in [9.17, 15) is 9.90 Å². The van der Waals surface area contributed by atoms with Crippen molar-refractivity contribution < 1.29 is 14.6 Å². The predicted molar refractivity (Wildman–Crippen MR) is 132 cm³/mol. The summed E-state index contributed by atoms with van der Waals surface area (Å²) >= 11 is 0. The van der Waals surface area contributed by atoms with Crippen molar-refractivity contribution >= 4 is 28.6 Å². The Balaban J connectivity index is 1.73. The third-order valence-corrected chi connectivity index (χ3v) is 6.32. The van der Waals surface area contributed by atoms with Crippen molar-refractivity contribution in [3.63, 3.8) is 0 Å². The second-order valence-corrected chi connectivity index (χ2v) is 10.6. The molecule has 1 aliphatic carbocycles. The van der Waals surface area contributed by atoms with Gasteiger partial charge in [-0.1, -0.05) is 26.8 Å². The van der Waals surface area contributed by atoms with Gasteiger partial charge in [0.05, 0.1) is 23.6 Å². The Morgan fingerprint density at radius 1 is 1.21 bits per heavy atom. The van der Waals surface area contributed by atoms with E-state index in [1.165, 1.54) is 6.42 Å². The van der Waals surface area contributed by atoms with E-state index in [4.69, 9.17) is 9.72 Å². The number of carboxylic acids is 1. The Morgan fingerprint density at radius 3 is 2.58 bits per heavy atom. The molecule has 1 saturated carbocycles. The van der Waals surface area contributed by atoms with Crippen LogP contribution in [-0.2, 0) is 11.2 Å². The van der Waals surface area contributed by atoms with Crippen LogP contribution in [0.15, 0.2) is 42.5 Å². The smallest absolute Gasteiger partial charge is 0.307 e. The van der Waals surface area contributed by atoms with Crippen molar-refractivity contribution in [2.75, 3.05) is 5.32 Å².